The van der Waals surface area contributed by atoms with Gasteiger partial charge in [-0.3, -0.25) is 9.52 Å². The molecule has 0 fully saturated rings. The third-order valence-electron chi connectivity index (χ3n) is 4.15. The van der Waals surface area contributed by atoms with Crippen LogP contribution < -0.4 is 10.0 Å². The van der Waals surface area contributed by atoms with E-state index in [4.69, 9.17) is 39.5 Å². The molecule has 0 bridgehead atoms. The monoisotopic (exact) mass is 548 g/mol. The molecule has 2 aromatic carbocycles. The molecule has 3 N–H and O–H groups in total. The van der Waals surface area contributed by atoms with Gasteiger partial charge in [-0.15, -0.1) is 11.3 Å². The third-order valence-corrected chi connectivity index (χ3v) is 7.96. The first-order valence-corrected chi connectivity index (χ1v) is 12.5. The van der Waals surface area contributed by atoms with Crippen molar-refractivity contribution < 1.29 is 27.9 Å². The van der Waals surface area contributed by atoms with Crippen molar-refractivity contribution in [2.75, 3.05) is 10.0 Å². The minimum atomic E-state index is -3.83. The van der Waals surface area contributed by atoms with Crippen molar-refractivity contribution in [3.63, 3.8) is 0 Å². The first-order valence-electron chi connectivity index (χ1n) is 9.03. The van der Waals surface area contributed by atoms with Crippen molar-refractivity contribution in [1.29, 1.82) is 0 Å². The summed E-state index contributed by atoms with van der Waals surface area (Å²) in [5.74, 6) is -2.24. The fraction of sp³-hybridized carbons (Fsp3) is 0.100. The normalized spacial score (nSPS) is 12.1. The van der Waals surface area contributed by atoms with Crippen molar-refractivity contribution in [3.05, 3.63) is 68.5 Å². The molecule has 1 aromatic heterocycles. The largest absolute Gasteiger partial charge is 0.507 e. The highest BCUT2D eigenvalue weighted by molar-refractivity contribution is 7.94. The van der Waals surface area contributed by atoms with E-state index in [2.05, 4.69) is 10.0 Å². The van der Waals surface area contributed by atoms with Crippen LogP contribution in [0.15, 0.2) is 52.1 Å². The highest BCUT2D eigenvalue weighted by atomic mass is 35.5. The van der Waals surface area contributed by atoms with Crippen LogP contribution in [0.3, 0.4) is 0 Å². The first kappa shape index (κ1) is 25.1. The van der Waals surface area contributed by atoms with Crippen LogP contribution in [0.5, 0.6) is 5.75 Å². The molecule has 1 heterocycles. The van der Waals surface area contributed by atoms with Gasteiger partial charge in [0, 0.05) is 6.07 Å². The van der Waals surface area contributed by atoms with Gasteiger partial charge in [-0.1, -0.05) is 40.9 Å². The molecule has 3 aromatic rings. The number of benzene rings is 2. The summed E-state index contributed by atoms with van der Waals surface area (Å²) in [4.78, 5) is 24.8. The summed E-state index contributed by atoms with van der Waals surface area (Å²) in [6.07, 6.45) is -1.26. The minimum absolute atomic E-state index is 0.0394. The van der Waals surface area contributed by atoms with Gasteiger partial charge in [0.2, 0.25) is 0 Å². The molecule has 1 amide bonds. The van der Waals surface area contributed by atoms with Crippen molar-refractivity contribution >= 4 is 79.4 Å². The Hall–Kier alpha value is -2.50. The van der Waals surface area contributed by atoms with E-state index >= 15 is 0 Å². The predicted molar refractivity (Wildman–Crippen MR) is 128 cm³/mol. The molecule has 0 aliphatic carbocycles. The molecule has 13 heteroatoms. The number of sulfonamides is 1. The molecule has 3 rings (SSSR count). The lowest BCUT2D eigenvalue weighted by atomic mass is 10.2. The maximum absolute atomic E-state index is 12.4. The van der Waals surface area contributed by atoms with Gasteiger partial charge in [0.25, 0.3) is 15.9 Å². The molecule has 0 spiro atoms. The molecule has 8 nitrogen and oxygen atoms in total. The smallest absolute Gasteiger partial charge is 0.342 e. The molecule has 1 atom stereocenters. The molecule has 33 heavy (non-hydrogen) atoms. The number of thiophene rings is 1. The summed E-state index contributed by atoms with van der Waals surface area (Å²) in [6.45, 7) is 1.32. The lowest BCUT2D eigenvalue weighted by Crippen LogP contribution is -2.30. The highest BCUT2D eigenvalue weighted by Crippen LogP contribution is 2.32. The van der Waals surface area contributed by atoms with E-state index < -0.39 is 33.8 Å². The maximum Gasteiger partial charge on any atom is 0.342 e. The van der Waals surface area contributed by atoms with E-state index in [-0.39, 0.29) is 36.2 Å². The Morgan fingerprint density at radius 3 is 2.39 bits per heavy atom. The number of anilines is 2. The number of carbonyl (C=O) groups is 2. The van der Waals surface area contributed by atoms with E-state index in [1.165, 1.54) is 37.3 Å². The van der Waals surface area contributed by atoms with Crippen LogP contribution in [0.2, 0.25) is 15.1 Å². The van der Waals surface area contributed by atoms with E-state index in [9.17, 15) is 23.1 Å². The Kier molecular flexibility index (Phi) is 7.76. The summed E-state index contributed by atoms with van der Waals surface area (Å²) in [5.41, 5.74) is -0.0528. The number of ether oxygens (including phenoxy) is 1. The van der Waals surface area contributed by atoms with Crippen LogP contribution >= 0.6 is 46.1 Å². The van der Waals surface area contributed by atoms with Gasteiger partial charge in [-0.25, -0.2) is 13.2 Å². The zero-order chi connectivity index (χ0) is 24.3. The van der Waals surface area contributed by atoms with Gasteiger partial charge < -0.3 is 15.2 Å². The second-order valence-electron chi connectivity index (χ2n) is 6.55. The Morgan fingerprint density at radius 1 is 1.06 bits per heavy atom. The number of phenolic OH excluding ortho intramolecular Hbond substituents is 1. The standard InChI is InChI=1S/C20H15Cl3N2O6S2/c1-10(19(27)24-16-9-14(22)13(21)8-15(16)23)31-20(28)12-5-4-11(7-17(12)26)25-33(29,30)18-3-2-6-32-18/h2-10,25-26H,1H3,(H,24,27). The van der Waals surface area contributed by atoms with Gasteiger partial charge in [0.15, 0.2) is 6.10 Å². The summed E-state index contributed by atoms with van der Waals surface area (Å²) >= 11 is 18.8. The number of hydrogen-bond acceptors (Lipinski definition) is 7. The fourth-order valence-electron chi connectivity index (χ4n) is 2.52. The molecular formula is C20H15Cl3N2O6S2. The van der Waals surface area contributed by atoms with Crippen LogP contribution in [0, 0.1) is 0 Å². The summed E-state index contributed by atoms with van der Waals surface area (Å²) < 4.78 is 32.1. The Labute approximate surface area is 208 Å². The molecule has 0 saturated carbocycles. The maximum atomic E-state index is 12.4. The Bertz CT molecular complexity index is 1310. The van der Waals surface area contributed by atoms with Crippen LogP contribution in [0.1, 0.15) is 17.3 Å². The average Bonchev–Trinajstić information content (AvgIpc) is 3.27. The number of carbonyl (C=O) groups excluding carboxylic acids is 2. The second-order valence-corrected chi connectivity index (χ2v) is 10.6. The Morgan fingerprint density at radius 2 is 1.76 bits per heavy atom. The quantitative estimate of drug-likeness (QED) is 0.268. The van der Waals surface area contributed by atoms with Gasteiger partial charge in [-0.05, 0) is 42.6 Å². The molecule has 0 aliphatic rings. The molecule has 0 saturated heterocycles. The number of esters is 1. The third kappa shape index (κ3) is 6.10. The van der Waals surface area contributed by atoms with E-state index in [0.29, 0.717) is 0 Å². The molecule has 0 aliphatic heterocycles. The van der Waals surface area contributed by atoms with Gasteiger partial charge in [-0.2, -0.15) is 0 Å². The van der Waals surface area contributed by atoms with Crippen LogP contribution in [-0.2, 0) is 19.6 Å². The van der Waals surface area contributed by atoms with E-state index in [0.717, 1.165) is 17.4 Å². The number of amides is 1. The molecule has 1 unspecified atom stereocenters. The number of halogens is 3. The topological polar surface area (TPSA) is 122 Å². The molecule has 0 radical (unpaired) electrons. The van der Waals surface area contributed by atoms with Crippen molar-refractivity contribution in [3.8, 4) is 5.75 Å². The lowest BCUT2D eigenvalue weighted by molar-refractivity contribution is -0.123. The Balaban J connectivity index is 1.67. The summed E-state index contributed by atoms with van der Waals surface area (Å²) in [7, 11) is -3.83. The van der Waals surface area contributed by atoms with Crippen LogP contribution in [0.4, 0.5) is 11.4 Å². The first-order chi connectivity index (χ1) is 15.5. The highest BCUT2D eigenvalue weighted by Gasteiger charge is 2.23. The van der Waals surface area contributed by atoms with Crippen LogP contribution in [-0.4, -0.2) is 31.5 Å². The zero-order valence-electron chi connectivity index (χ0n) is 16.6. The zero-order valence-corrected chi connectivity index (χ0v) is 20.5. The van der Waals surface area contributed by atoms with Crippen molar-refractivity contribution in [2.24, 2.45) is 0 Å². The molecular weight excluding hydrogens is 535 g/mol. The van der Waals surface area contributed by atoms with Crippen molar-refractivity contribution in [2.45, 2.75) is 17.2 Å². The number of nitrogens with one attached hydrogen (secondary N) is 2. The summed E-state index contributed by atoms with van der Waals surface area (Å²) in [6, 6.07) is 9.22. The van der Waals surface area contributed by atoms with Gasteiger partial charge in [0.1, 0.15) is 15.5 Å². The van der Waals surface area contributed by atoms with Crippen molar-refractivity contribution in [1.82, 2.24) is 0 Å². The lowest BCUT2D eigenvalue weighted by Gasteiger charge is -2.15. The number of aromatic hydroxyl groups is 1. The van der Waals surface area contributed by atoms with E-state index in [1.54, 1.807) is 11.4 Å². The fourth-order valence-corrected chi connectivity index (χ4v) is 5.16. The minimum Gasteiger partial charge on any atom is -0.507 e. The number of phenols is 1. The number of rotatable bonds is 7. The van der Waals surface area contributed by atoms with Gasteiger partial charge >= 0.3 is 5.97 Å². The molecule has 174 valence electrons. The van der Waals surface area contributed by atoms with E-state index in [1.807, 2.05) is 0 Å². The van der Waals surface area contributed by atoms with Crippen LogP contribution in [0.25, 0.3) is 0 Å². The predicted octanol–water partition coefficient (Wildman–Crippen LogP) is 5.40. The number of hydrogen-bond donors (Lipinski definition) is 3. The van der Waals surface area contributed by atoms with Gasteiger partial charge in [0.05, 0.1) is 26.4 Å². The average molecular weight is 550 g/mol. The SMILES string of the molecule is CC(OC(=O)c1ccc(NS(=O)(=O)c2cccs2)cc1O)C(=O)Nc1cc(Cl)c(Cl)cc1Cl. The summed E-state index contributed by atoms with van der Waals surface area (Å²) in [5, 5.41) is 14.8. The second kappa shape index (κ2) is 10.2.